The average molecular weight is 802 g/mol. The van der Waals surface area contributed by atoms with Crippen LogP contribution in [0.2, 0.25) is 0 Å². The molecule has 4 heterocycles. The van der Waals surface area contributed by atoms with Crippen LogP contribution in [0.5, 0.6) is 11.5 Å². The number of carbonyl (C=O) groups excluding carboxylic acids is 1. The smallest absolute Gasteiger partial charge is 0.323 e. The topological polar surface area (TPSA) is 182 Å². The van der Waals surface area contributed by atoms with Crippen LogP contribution < -0.4 is 29.1 Å². The van der Waals surface area contributed by atoms with E-state index in [1.54, 1.807) is 6.08 Å². The van der Waals surface area contributed by atoms with Gasteiger partial charge in [0, 0.05) is 23.6 Å². The van der Waals surface area contributed by atoms with Crippen molar-refractivity contribution >= 4 is 95.5 Å². The summed E-state index contributed by atoms with van der Waals surface area (Å²) in [5.41, 5.74) is 0.675. The number of thiazole rings is 1. The Bertz CT molecular complexity index is 2100. The predicted molar refractivity (Wildman–Crippen MR) is 197 cm³/mol. The van der Waals surface area contributed by atoms with Gasteiger partial charge >= 0.3 is 22.1 Å². The average Bonchev–Trinajstić information content (AvgIpc) is 3.82. The van der Waals surface area contributed by atoms with Gasteiger partial charge < -0.3 is 24.6 Å². The molecule has 0 spiro atoms. The van der Waals surface area contributed by atoms with Crippen molar-refractivity contribution in [1.82, 2.24) is 9.47 Å². The van der Waals surface area contributed by atoms with Crippen molar-refractivity contribution in [2.45, 2.75) is 52.0 Å². The van der Waals surface area contributed by atoms with Gasteiger partial charge in [-0.2, -0.15) is 13.1 Å². The first kappa shape index (κ1) is 38.8. The van der Waals surface area contributed by atoms with Gasteiger partial charge in [0.2, 0.25) is 6.79 Å². The fraction of sp³-hybridized carbons (Fsp3) is 0.452. The van der Waals surface area contributed by atoms with Gasteiger partial charge in [0.15, 0.2) is 11.5 Å². The largest absolute Gasteiger partial charge is 0.480 e. The van der Waals surface area contributed by atoms with Crippen molar-refractivity contribution in [2.24, 2.45) is 0 Å². The van der Waals surface area contributed by atoms with E-state index >= 15 is 0 Å². The number of quaternary nitrogens is 1. The zero-order valence-corrected chi connectivity index (χ0v) is 32.3. The molecule has 51 heavy (non-hydrogen) atoms. The normalized spacial score (nSPS) is 18.2. The summed E-state index contributed by atoms with van der Waals surface area (Å²) >= 11 is 8.37. The van der Waals surface area contributed by atoms with Gasteiger partial charge in [0.25, 0.3) is 11.5 Å². The number of aliphatic carboxylic acids is 2. The number of carboxylic acid groups (broad SMARTS) is 2. The summed E-state index contributed by atoms with van der Waals surface area (Å²) in [4.78, 5) is 53.9. The number of fused-ring (bicyclic) bond motifs is 2. The highest BCUT2D eigenvalue weighted by molar-refractivity contribution is 8.30. The summed E-state index contributed by atoms with van der Waals surface area (Å²) < 4.78 is 44.3. The van der Waals surface area contributed by atoms with Crippen LogP contribution in [-0.4, -0.2) is 100 Å². The Morgan fingerprint density at radius 1 is 1.00 bits per heavy atom. The first-order chi connectivity index (χ1) is 24.2. The molecule has 276 valence electrons. The maximum Gasteiger partial charge on any atom is 0.323 e. The molecule has 1 fully saturated rings. The second-order valence-corrected chi connectivity index (χ2v) is 16.9. The highest BCUT2D eigenvalue weighted by Gasteiger charge is 2.36. The number of rotatable bonds is 15. The SMILES string of the molecule is CCC(/C=C1\Sc2cc3c(cc2N1CCCS(=O)(=O)O[N+](CC)(CC)CC)OCO3)=c1\s/c(=C2\SC(=S)N(CC(=O)O)C2=O)n(CC(=O)O)c1=O. The number of aromatic nitrogens is 1. The Morgan fingerprint density at radius 3 is 2.25 bits per heavy atom. The van der Waals surface area contributed by atoms with Crippen molar-refractivity contribution in [3.63, 3.8) is 0 Å². The predicted octanol–water partition coefficient (Wildman–Crippen LogP) is 2.32. The summed E-state index contributed by atoms with van der Waals surface area (Å²) in [5, 5.41) is 19.6. The lowest BCUT2D eigenvalue weighted by Gasteiger charge is -2.31. The molecule has 15 nitrogen and oxygen atoms in total. The van der Waals surface area contributed by atoms with E-state index in [4.69, 9.17) is 26.0 Å². The van der Waals surface area contributed by atoms with Gasteiger partial charge in [-0.05, 0) is 45.3 Å². The molecule has 0 radical (unpaired) electrons. The molecule has 1 saturated heterocycles. The highest BCUT2D eigenvalue weighted by atomic mass is 32.2. The Balaban J connectivity index is 1.58. The van der Waals surface area contributed by atoms with Crippen LogP contribution in [0.25, 0.3) is 10.5 Å². The summed E-state index contributed by atoms with van der Waals surface area (Å²) in [6.07, 6.45) is 2.35. The first-order valence-electron chi connectivity index (χ1n) is 16.0. The van der Waals surface area contributed by atoms with E-state index in [-0.39, 0.29) is 48.6 Å². The number of thiocarbonyl (C=S) groups is 1. The van der Waals surface area contributed by atoms with Crippen molar-refractivity contribution < 1.29 is 51.4 Å². The Labute approximate surface area is 311 Å². The molecular weight excluding hydrogens is 765 g/mol. The van der Waals surface area contributed by atoms with E-state index in [2.05, 4.69) is 0 Å². The van der Waals surface area contributed by atoms with E-state index in [1.165, 1.54) is 11.8 Å². The second-order valence-electron chi connectivity index (χ2n) is 11.5. The van der Waals surface area contributed by atoms with Crippen LogP contribution in [0.1, 0.15) is 40.5 Å². The lowest BCUT2D eigenvalue weighted by molar-refractivity contribution is -1.08. The standard InChI is InChI=1S/C31H36N4O11S5/c1-5-18(26-28(40)33(15-24(36)37)30(49-26)27-29(41)34(16-25(38)39)31(47)50-27)12-23-32(19-13-20-21(45-17-44-20)14-22(19)48-23)10-9-11-51(42,43)46-35(6-2,7-3)8-4/h12-14H,5-11,15-17H2,1-4H3,(H-,36,37,38,39)/p+1/b23-12-,26-18+,30-27-. The number of benzene rings is 1. The Hall–Kier alpha value is -3.40. The molecule has 1 aromatic heterocycles. The number of allylic oxidation sites excluding steroid dienone is 1. The number of hydroxylamine groups is 3. The third kappa shape index (κ3) is 8.16. The summed E-state index contributed by atoms with van der Waals surface area (Å²) in [7, 11) is -3.89. The summed E-state index contributed by atoms with van der Waals surface area (Å²) in [6, 6.07) is 3.66. The molecule has 2 N–H and O–H groups in total. The molecule has 1 amide bonds. The maximum atomic E-state index is 13.9. The Morgan fingerprint density at radius 2 is 1.65 bits per heavy atom. The quantitative estimate of drug-likeness (QED) is 0.152. The third-order valence-electron chi connectivity index (χ3n) is 8.49. The highest BCUT2D eigenvalue weighted by Crippen LogP contribution is 2.51. The maximum absolute atomic E-state index is 13.9. The van der Waals surface area contributed by atoms with E-state index in [0.717, 1.165) is 43.1 Å². The number of anilines is 1. The van der Waals surface area contributed by atoms with E-state index in [9.17, 15) is 37.8 Å². The van der Waals surface area contributed by atoms with E-state index < -0.39 is 46.6 Å². The van der Waals surface area contributed by atoms with Crippen LogP contribution in [0, 0.1) is 0 Å². The lowest BCUT2D eigenvalue weighted by Crippen LogP contribution is -2.49. The van der Waals surface area contributed by atoms with Crippen molar-refractivity contribution in [3.8, 4) is 11.5 Å². The fourth-order valence-corrected chi connectivity index (χ4v) is 10.8. The fourth-order valence-electron chi connectivity index (χ4n) is 5.67. The van der Waals surface area contributed by atoms with Gasteiger partial charge in [0.05, 0.1) is 21.0 Å². The summed E-state index contributed by atoms with van der Waals surface area (Å²) in [5.74, 6) is -2.44. The molecular formula is C31H37N4O11S5+. The molecule has 3 aliphatic rings. The van der Waals surface area contributed by atoms with Crippen LogP contribution in [-0.2, 0) is 35.3 Å². The van der Waals surface area contributed by atoms with Gasteiger partial charge in [-0.1, -0.05) is 46.9 Å². The number of nitrogens with zero attached hydrogens (tertiary/aromatic N) is 4. The third-order valence-corrected chi connectivity index (χ3v) is 13.7. The second kappa shape index (κ2) is 15.7. The number of hydrogen-bond donors (Lipinski definition) is 2. The number of carbonyl (C=O) groups is 3. The van der Waals surface area contributed by atoms with Crippen molar-refractivity contribution in [1.29, 1.82) is 0 Å². The molecule has 1 aromatic carbocycles. The zero-order valence-electron chi connectivity index (χ0n) is 28.2. The van der Waals surface area contributed by atoms with E-state index in [0.29, 0.717) is 48.2 Å². The van der Waals surface area contributed by atoms with Crippen LogP contribution in [0.15, 0.2) is 32.9 Å². The minimum absolute atomic E-state index is 0.0109. The molecule has 0 aliphatic carbocycles. The monoisotopic (exact) mass is 801 g/mol. The van der Waals surface area contributed by atoms with Crippen LogP contribution in [0.3, 0.4) is 0 Å². The van der Waals surface area contributed by atoms with Crippen LogP contribution >= 0.6 is 47.1 Å². The van der Waals surface area contributed by atoms with E-state index in [1.807, 2.05) is 44.7 Å². The zero-order chi connectivity index (χ0) is 37.2. The molecule has 0 bridgehead atoms. The van der Waals surface area contributed by atoms with Crippen molar-refractivity contribution in [2.75, 3.05) is 50.2 Å². The lowest BCUT2D eigenvalue weighted by atomic mass is 10.2. The first-order valence-corrected chi connectivity index (χ1v) is 20.4. The number of ether oxygens (including phenoxy) is 2. The number of thioether (sulfide) groups is 2. The molecule has 5 rings (SSSR count). The minimum Gasteiger partial charge on any atom is -0.480 e. The molecule has 0 unspecified atom stereocenters. The van der Waals surface area contributed by atoms with Gasteiger partial charge in [0.1, 0.15) is 46.6 Å². The Kier molecular flexibility index (Phi) is 11.9. The van der Waals surface area contributed by atoms with Crippen LogP contribution in [0.4, 0.5) is 5.69 Å². The molecule has 20 heteroatoms. The number of hydrogen-bond acceptors (Lipinski definition) is 14. The molecule has 0 atom stereocenters. The molecule has 2 aromatic rings. The minimum atomic E-state index is -3.89. The molecule has 0 saturated carbocycles. The van der Waals surface area contributed by atoms with Gasteiger partial charge in [-0.25, -0.2) is 0 Å². The van der Waals surface area contributed by atoms with Gasteiger partial charge in [-0.3, -0.25) is 28.6 Å². The molecule has 3 aliphatic heterocycles. The number of carboxylic acids is 2. The van der Waals surface area contributed by atoms with Crippen molar-refractivity contribution in [3.05, 3.63) is 42.8 Å². The number of amides is 1. The van der Waals surface area contributed by atoms with Gasteiger partial charge in [-0.15, -0.1) is 11.3 Å². The summed E-state index contributed by atoms with van der Waals surface area (Å²) in [6.45, 7) is 7.89.